The Morgan fingerprint density at radius 1 is 1.46 bits per heavy atom. The van der Waals surface area contributed by atoms with E-state index in [1.807, 2.05) is 24.4 Å². The molecule has 0 aliphatic carbocycles. The van der Waals surface area contributed by atoms with Gasteiger partial charge in [0.25, 0.3) is 0 Å². The molecule has 0 aliphatic heterocycles. The lowest BCUT2D eigenvalue weighted by atomic mass is 10.2. The maximum absolute atomic E-state index is 5.10. The van der Waals surface area contributed by atoms with Gasteiger partial charge >= 0.3 is 0 Å². The van der Waals surface area contributed by atoms with Crippen LogP contribution >= 0.6 is 15.9 Å². The van der Waals surface area contributed by atoms with Gasteiger partial charge in [0.2, 0.25) is 0 Å². The summed E-state index contributed by atoms with van der Waals surface area (Å²) < 4.78 is 1.04. The first-order chi connectivity index (χ1) is 6.33. The molecule has 3 nitrogen and oxygen atoms in total. The molecule has 1 aromatic heterocycles. The molecular weight excluding hydrogens is 230 g/mol. The zero-order valence-corrected chi connectivity index (χ0v) is 8.38. The van der Waals surface area contributed by atoms with Crippen LogP contribution in [0.3, 0.4) is 0 Å². The van der Waals surface area contributed by atoms with E-state index in [0.29, 0.717) is 0 Å². The highest BCUT2D eigenvalue weighted by atomic mass is 79.9. The first kappa shape index (κ1) is 8.31. The molecule has 3 N–H and O–H groups in total. The standard InChI is InChI=1S/C9H8BrN3/c10-7-2-1-3-8-9(7)6(4-12-8)5-13-11/h1-5,12H,11H2/b13-5+. The van der Waals surface area contributed by atoms with Crippen LogP contribution in [0.5, 0.6) is 0 Å². The summed E-state index contributed by atoms with van der Waals surface area (Å²) in [6, 6.07) is 5.98. The largest absolute Gasteiger partial charge is 0.360 e. The summed E-state index contributed by atoms with van der Waals surface area (Å²) in [5, 5.41) is 4.61. The van der Waals surface area contributed by atoms with Gasteiger partial charge in [-0.2, -0.15) is 5.10 Å². The van der Waals surface area contributed by atoms with E-state index in [9.17, 15) is 0 Å². The van der Waals surface area contributed by atoms with Crippen molar-refractivity contribution in [3.63, 3.8) is 0 Å². The van der Waals surface area contributed by atoms with Crippen LogP contribution in [-0.4, -0.2) is 11.2 Å². The maximum Gasteiger partial charge on any atom is 0.0559 e. The van der Waals surface area contributed by atoms with Crippen molar-refractivity contribution in [2.24, 2.45) is 10.9 Å². The Kier molecular flexibility index (Phi) is 2.06. The molecular formula is C9H8BrN3. The summed E-state index contributed by atoms with van der Waals surface area (Å²) in [5.74, 6) is 5.10. The van der Waals surface area contributed by atoms with Gasteiger partial charge < -0.3 is 10.8 Å². The van der Waals surface area contributed by atoms with Crippen LogP contribution in [0.1, 0.15) is 5.56 Å². The summed E-state index contributed by atoms with van der Waals surface area (Å²) in [6.45, 7) is 0. The Bertz CT molecular complexity index is 459. The molecule has 1 heterocycles. The van der Waals surface area contributed by atoms with Crippen molar-refractivity contribution in [2.45, 2.75) is 0 Å². The number of nitrogens with two attached hydrogens (primary N) is 1. The molecule has 13 heavy (non-hydrogen) atoms. The van der Waals surface area contributed by atoms with E-state index in [0.717, 1.165) is 20.9 Å². The van der Waals surface area contributed by atoms with Crippen LogP contribution in [0.15, 0.2) is 34.0 Å². The number of nitrogens with one attached hydrogen (secondary N) is 1. The monoisotopic (exact) mass is 237 g/mol. The molecule has 0 fully saturated rings. The molecule has 66 valence electrons. The molecule has 0 radical (unpaired) electrons. The van der Waals surface area contributed by atoms with E-state index in [4.69, 9.17) is 5.84 Å². The Morgan fingerprint density at radius 2 is 2.31 bits per heavy atom. The van der Waals surface area contributed by atoms with Crippen LogP contribution in [0, 0.1) is 0 Å². The molecule has 2 rings (SSSR count). The van der Waals surface area contributed by atoms with E-state index in [-0.39, 0.29) is 0 Å². The number of H-pyrrole nitrogens is 1. The van der Waals surface area contributed by atoms with Crippen LogP contribution in [-0.2, 0) is 0 Å². The molecule has 0 atom stereocenters. The summed E-state index contributed by atoms with van der Waals surface area (Å²) in [7, 11) is 0. The van der Waals surface area contributed by atoms with E-state index in [1.54, 1.807) is 6.21 Å². The fourth-order valence-electron chi connectivity index (χ4n) is 1.35. The molecule has 0 aliphatic rings. The molecule has 0 bridgehead atoms. The third-order valence-electron chi connectivity index (χ3n) is 1.90. The lowest BCUT2D eigenvalue weighted by Gasteiger charge is -1.94. The number of rotatable bonds is 1. The van der Waals surface area contributed by atoms with Crippen molar-refractivity contribution in [3.8, 4) is 0 Å². The normalized spacial score (nSPS) is 11.5. The quantitative estimate of drug-likeness (QED) is 0.446. The second-order valence-corrected chi connectivity index (χ2v) is 3.54. The van der Waals surface area contributed by atoms with Gasteiger partial charge in [-0.15, -0.1) is 0 Å². The van der Waals surface area contributed by atoms with Gasteiger partial charge in [-0.05, 0) is 12.1 Å². The number of benzene rings is 1. The molecule has 4 heteroatoms. The number of hydrogen-bond acceptors (Lipinski definition) is 2. The highest BCUT2D eigenvalue weighted by molar-refractivity contribution is 9.10. The zero-order chi connectivity index (χ0) is 9.26. The summed E-state index contributed by atoms with van der Waals surface area (Å²) >= 11 is 3.47. The second-order valence-electron chi connectivity index (χ2n) is 2.68. The van der Waals surface area contributed by atoms with Crippen LogP contribution in [0.2, 0.25) is 0 Å². The Hall–Kier alpha value is -1.29. The van der Waals surface area contributed by atoms with Crippen molar-refractivity contribution in [3.05, 3.63) is 34.4 Å². The lowest BCUT2D eigenvalue weighted by Crippen LogP contribution is -1.84. The summed E-state index contributed by atoms with van der Waals surface area (Å²) in [5.41, 5.74) is 2.06. The summed E-state index contributed by atoms with van der Waals surface area (Å²) in [4.78, 5) is 3.14. The maximum atomic E-state index is 5.10. The van der Waals surface area contributed by atoms with Crippen molar-refractivity contribution in [2.75, 3.05) is 0 Å². The lowest BCUT2D eigenvalue weighted by molar-refractivity contribution is 1.26. The SMILES string of the molecule is N/N=C/c1c[nH]c2cccc(Br)c12. The van der Waals surface area contributed by atoms with Crippen molar-refractivity contribution in [1.82, 2.24) is 4.98 Å². The van der Waals surface area contributed by atoms with E-state index < -0.39 is 0 Å². The topological polar surface area (TPSA) is 54.2 Å². The van der Waals surface area contributed by atoms with Crippen LogP contribution < -0.4 is 5.84 Å². The van der Waals surface area contributed by atoms with Gasteiger partial charge in [-0.25, -0.2) is 0 Å². The second kappa shape index (κ2) is 3.22. The van der Waals surface area contributed by atoms with Crippen LogP contribution in [0.25, 0.3) is 10.9 Å². The zero-order valence-electron chi connectivity index (χ0n) is 6.79. The number of hydrogen-bond donors (Lipinski definition) is 2. The smallest absolute Gasteiger partial charge is 0.0559 e. The molecule has 0 spiro atoms. The van der Waals surface area contributed by atoms with E-state index >= 15 is 0 Å². The third kappa shape index (κ3) is 1.33. The van der Waals surface area contributed by atoms with E-state index in [1.165, 1.54) is 0 Å². The number of aromatic amines is 1. The van der Waals surface area contributed by atoms with Gasteiger partial charge in [-0.1, -0.05) is 22.0 Å². The Morgan fingerprint density at radius 3 is 3.08 bits per heavy atom. The average Bonchev–Trinajstić information content (AvgIpc) is 2.51. The van der Waals surface area contributed by atoms with Gasteiger partial charge in [0.1, 0.15) is 0 Å². The van der Waals surface area contributed by atoms with E-state index in [2.05, 4.69) is 26.0 Å². The molecule has 2 aromatic rings. The molecule has 0 saturated heterocycles. The highest BCUT2D eigenvalue weighted by Gasteiger charge is 2.03. The highest BCUT2D eigenvalue weighted by Crippen LogP contribution is 2.25. The minimum absolute atomic E-state index is 0.991. The van der Waals surface area contributed by atoms with Crippen LogP contribution in [0.4, 0.5) is 0 Å². The summed E-state index contributed by atoms with van der Waals surface area (Å²) in [6.07, 6.45) is 3.51. The minimum atomic E-state index is 0.991. The van der Waals surface area contributed by atoms with Gasteiger partial charge in [0.05, 0.1) is 6.21 Å². The minimum Gasteiger partial charge on any atom is -0.360 e. The Labute approximate surface area is 83.8 Å². The number of aromatic nitrogens is 1. The predicted molar refractivity (Wildman–Crippen MR) is 57.8 cm³/mol. The van der Waals surface area contributed by atoms with Crippen molar-refractivity contribution in [1.29, 1.82) is 0 Å². The van der Waals surface area contributed by atoms with Crippen molar-refractivity contribution < 1.29 is 0 Å². The average molecular weight is 238 g/mol. The fraction of sp³-hybridized carbons (Fsp3) is 0. The van der Waals surface area contributed by atoms with Crippen molar-refractivity contribution >= 4 is 33.0 Å². The number of fused-ring (bicyclic) bond motifs is 1. The first-order valence-corrected chi connectivity index (χ1v) is 4.61. The van der Waals surface area contributed by atoms with Gasteiger partial charge in [0.15, 0.2) is 0 Å². The predicted octanol–water partition coefficient (Wildman–Crippen LogP) is 2.22. The van der Waals surface area contributed by atoms with Gasteiger partial charge in [-0.3, -0.25) is 0 Å². The Balaban J connectivity index is 2.78. The molecule has 1 aromatic carbocycles. The number of hydrazone groups is 1. The molecule has 0 unspecified atom stereocenters. The molecule has 0 saturated carbocycles. The number of nitrogens with zero attached hydrogens (tertiary/aromatic N) is 1. The number of halogens is 1. The fourth-order valence-corrected chi connectivity index (χ4v) is 1.94. The molecule has 0 amide bonds. The van der Waals surface area contributed by atoms with Gasteiger partial charge in [0, 0.05) is 27.1 Å². The first-order valence-electron chi connectivity index (χ1n) is 3.82. The third-order valence-corrected chi connectivity index (χ3v) is 2.56.